The molecule has 1 fully saturated rings. The Morgan fingerprint density at radius 3 is 2.14 bits per heavy atom. The van der Waals surface area contributed by atoms with Crippen LogP contribution in [-0.4, -0.2) is 77.2 Å². The lowest BCUT2D eigenvalue weighted by molar-refractivity contribution is -0.385. The lowest BCUT2D eigenvalue weighted by Gasteiger charge is -2.34. The minimum Gasteiger partial charge on any atom is -0.462 e. The van der Waals surface area contributed by atoms with E-state index in [0.717, 1.165) is 27.7 Å². The Morgan fingerprint density at radius 2 is 1.62 bits per heavy atom. The van der Waals surface area contributed by atoms with Gasteiger partial charge in [-0.2, -0.15) is 0 Å². The van der Waals surface area contributed by atoms with Crippen molar-refractivity contribution in [2.45, 2.75) is 65.3 Å². The SMILES string of the molecule is CC(=O)OC[C@@H](OC(C)=O)[C@@H](OC(C)=O)[C@H](OC(C)=O)[C@@H]1CN(C(C)=O)[C@@H](c2cccc([N+](=O)[O-])c2)O1. The molecule has 0 bridgehead atoms. The summed E-state index contributed by atoms with van der Waals surface area (Å²) in [6, 6.07) is 5.44. The molecule has 37 heavy (non-hydrogen) atoms. The molecule has 1 saturated heterocycles. The molecular weight excluding hydrogens is 496 g/mol. The van der Waals surface area contributed by atoms with Gasteiger partial charge < -0.3 is 28.6 Å². The molecule has 14 nitrogen and oxygen atoms in total. The summed E-state index contributed by atoms with van der Waals surface area (Å²) in [5.41, 5.74) is 0.0349. The summed E-state index contributed by atoms with van der Waals surface area (Å²) in [6.45, 7) is 4.87. The van der Waals surface area contributed by atoms with Gasteiger partial charge in [0.25, 0.3) is 5.69 Å². The third kappa shape index (κ3) is 8.24. The van der Waals surface area contributed by atoms with Crippen molar-refractivity contribution >= 4 is 35.5 Å². The number of nitrogens with zero attached hydrogens (tertiary/aromatic N) is 2. The number of rotatable bonds is 10. The van der Waals surface area contributed by atoms with E-state index in [2.05, 4.69) is 0 Å². The molecule has 1 heterocycles. The lowest BCUT2D eigenvalue weighted by Crippen LogP contribution is -2.53. The van der Waals surface area contributed by atoms with Crippen molar-refractivity contribution in [1.29, 1.82) is 0 Å². The molecule has 0 aromatic heterocycles. The number of esters is 4. The summed E-state index contributed by atoms with van der Waals surface area (Å²) < 4.78 is 27.0. The van der Waals surface area contributed by atoms with Crippen molar-refractivity contribution < 1.29 is 52.6 Å². The summed E-state index contributed by atoms with van der Waals surface area (Å²) in [4.78, 5) is 71.5. The van der Waals surface area contributed by atoms with Gasteiger partial charge in [0.1, 0.15) is 12.7 Å². The van der Waals surface area contributed by atoms with Crippen LogP contribution in [0.5, 0.6) is 0 Å². The van der Waals surface area contributed by atoms with Crippen molar-refractivity contribution in [3.63, 3.8) is 0 Å². The van der Waals surface area contributed by atoms with Crippen LogP contribution in [0, 0.1) is 10.1 Å². The second-order valence-corrected chi connectivity index (χ2v) is 8.15. The molecule has 1 amide bonds. The summed E-state index contributed by atoms with van der Waals surface area (Å²) >= 11 is 0. The Labute approximate surface area is 211 Å². The van der Waals surface area contributed by atoms with Crippen LogP contribution in [0.2, 0.25) is 0 Å². The summed E-state index contributed by atoms with van der Waals surface area (Å²) in [6.07, 6.45) is -6.60. The van der Waals surface area contributed by atoms with Gasteiger partial charge in [-0.1, -0.05) is 12.1 Å². The number of amides is 1. The van der Waals surface area contributed by atoms with E-state index in [-0.39, 0.29) is 17.8 Å². The Bertz CT molecular complexity index is 1060. The quantitative estimate of drug-likeness (QED) is 0.185. The number of benzene rings is 1. The van der Waals surface area contributed by atoms with Gasteiger partial charge in [0.2, 0.25) is 5.91 Å². The molecule has 14 heteroatoms. The second-order valence-electron chi connectivity index (χ2n) is 8.15. The van der Waals surface area contributed by atoms with Gasteiger partial charge in [-0.05, 0) is 0 Å². The maximum absolute atomic E-state index is 12.4. The smallest absolute Gasteiger partial charge is 0.303 e. The molecule has 0 radical (unpaired) electrons. The molecule has 0 N–H and O–H groups in total. The predicted octanol–water partition coefficient (Wildman–Crippen LogP) is 1.20. The number of hydrogen-bond acceptors (Lipinski definition) is 12. The molecule has 0 spiro atoms. The van der Waals surface area contributed by atoms with Crippen LogP contribution >= 0.6 is 0 Å². The molecule has 1 aliphatic rings. The molecule has 1 aliphatic heterocycles. The van der Waals surface area contributed by atoms with Gasteiger partial charge in [-0.25, -0.2) is 0 Å². The van der Waals surface area contributed by atoms with Crippen LogP contribution in [0.1, 0.15) is 46.4 Å². The first-order chi connectivity index (χ1) is 17.3. The van der Waals surface area contributed by atoms with E-state index in [1.807, 2.05) is 0 Å². The van der Waals surface area contributed by atoms with Crippen LogP contribution < -0.4 is 0 Å². The van der Waals surface area contributed by atoms with Gasteiger partial charge in [0.05, 0.1) is 11.5 Å². The number of ether oxygens (including phenoxy) is 5. The van der Waals surface area contributed by atoms with Crippen molar-refractivity contribution in [3.8, 4) is 0 Å². The van der Waals surface area contributed by atoms with Gasteiger partial charge in [0, 0.05) is 52.3 Å². The first-order valence-electron chi connectivity index (χ1n) is 11.1. The van der Waals surface area contributed by atoms with Crippen molar-refractivity contribution in [1.82, 2.24) is 4.90 Å². The summed E-state index contributed by atoms with van der Waals surface area (Å²) in [5.74, 6) is -3.62. The third-order valence-electron chi connectivity index (χ3n) is 5.16. The highest BCUT2D eigenvalue weighted by atomic mass is 16.6. The predicted molar refractivity (Wildman–Crippen MR) is 121 cm³/mol. The average molecular weight is 524 g/mol. The minimum absolute atomic E-state index is 0.182. The molecule has 1 aromatic rings. The number of nitro benzene ring substituents is 1. The number of nitro groups is 1. The Balaban J connectivity index is 2.51. The highest BCUT2D eigenvalue weighted by Crippen LogP contribution is 2.35. The first kappa shape index (κ1) is 29.2. The molecule has 0 aliphatic carbocycles. The van der Waals surface area contributed by atoms with Gasteiger partial charge in [-0.15, -0.1) is 0 Å². The topological polar surface area (TPSA) is 178 Å². The molecule has 0 saturated carbocycles. The van der Waals surface area contributed by atoms with Crippen molar-refractivity contribution in [3.05, 3.63) is 39.9 Å². The zero-order valence-electron chi connectivity index (χ0n) is 20.9. The van der Waals surface area contributed by atoms with Gasteiger partial charge in [-0.3, -0.25) is 34.1 Å². The number of hydrogen-bond donors (Lipinski definition) is 0. The van der Waals surface area contributed by atoms with Crippen LogP contribution in [0.25, 0.3) is 0 Å². The Morgan fingerprint density at radius 1 is 1.00 bits per heavy atom. The van der Waals surface area contributed by atoms with Crippen LogP contribution in [-0.2, 0) is 47.7 Å². The van der Waals surface area contributed by atoms with E-state index in [4.69, 9.17) is 23.7 Å². The average Bonchev–Trinajstić information content (AvgIpc) is 3.24. The summed E-state index contributed by atoms with van der Waals surface area (Å²) in [7, 11) is 0. The monoisotopic (exact) mass is 524 g/mol. The highest BCUT2D eigenvalue weighted by molar-refractivity contribution is 5.74. The van der Waals surface area contributed by atoms with Gasteiger partial charge in [0.15, 0.2) is 24.5 Å². The van der Waals surface area contributed by atoms with Crippen molar-refractivity contribution in [2.24, 2.45) is 0 Å². The van der Waals surface area contributed by atoms with Crippen LogP contribution in [0.4, 0.5) is 5.69 Å². The molecule has 202 valence electrons. The highest BCUT2D eigenvalue weighted by Gasteiger charge is 2.48. The summed E-state index contributed by atoms with van der Waals surface area (Å²) in [5, 5.41) is 11.2. The fraction of sp³-hybridized carbons (Fsp3) is 0.522. The van der Waals surface area contributed by atoms with Crippen LogP contribution in [0.3, 0.4) is 0 Å². The maximum atomic E-state index is 12.4. The van der Waals surface area contributed by atoms with Crippen molar-refractivity contribution in [2.75, 3.05) is 13.2 Å². The fourth-order valence-electron chi connectivity index (χ4n) is 3.80. The molecule has 0 unspecified atom stereocenters. The lowest BCUT2D eigenvalue weighted by atomic mass is 10.0. The van der Waals surface area contributed by atoms with E-state index >= 15 is 0 Å². The first-order valence-corrected chi connectivity index (χ1v) is 11.1. The number of carbonyl (C=O) groups excluding carboxylic acids is 5. The number of non-ortho nitro benzene ring substituents is 1. The number of carbonyl (C=O) groups is 5. The minimum atomic E-state index is -1.51. The maximum Gasteiger partial charge on any atom is 0.303 e. The largest absolute Gasteiger partial charge is 0.462 e. The molecule has 5 atom stereocenters. The van der Waals surface area contributed by atoms with E-state index in [9.17, 15) is 34.1 Å². The van der Waals surface area contributed by atoms with Gasteiger partial charge >= 0.3 is 23.9 Å². The fourth-order valence-corrected chi connectivity index (χ4v) is 3.80. The Hall–Kier alpha value is -4.07. The zero-order valence-corrected chi connectivity index (χ0v) is 20.9. The normalized spacial score (nSPS) is 19.2. The third-order valence-corrected chi connectivity index (χ3v) is 5.16. The Kier molecular flexibility index (Phi) is 10.1. The zero-order chi connectivity index (χ0) is 27.9. The van der Waals surface area contributed by atoms with E-state index < -0.39 is 72.0 Å². The van der Waals surface area contributed by atoms with Crippen LogP contribution in [0.15, 0.2) is 24.3 Å². The van der Waals surface area contributed by atoms with E-state index in [0.29, 0.717) is 0 Å². The molecule has 1 aromatic carbocycles. The van der Waals surface area contributed by atoms with E-state index in [1.54, 1.807) is 0 Å². The molecular formula is C23H28N2O12. The van der Waals surface area contributed by atoms with E-state index in [1.165, 1.54) is 36.1 Å². The molecule has 2 rings (SSSR count). The standard InChI is InChI=1S/C23H28N2O12/c1-12(26)24-10-19(37-23(24)17-7-6-8-18(9-17)25(31)32)21(35-15(4)29)22(36-16(5)30)20(34-14(3)28)11-33-13(2)27/h6-9,19-23H,10-11H2,1-5H3/t19-,20+,21+,22+,23+/m0/s1. The second kappa shape index (κ2) is 12.8.